The van der Waals surface area contributed by atoms with Gasteiger partial charge in [0.05, 0.1) is 11.4 Å². The lowest BCUT2D eigenvalue weighted by atomic mass is 10.2. The second-order valence-electron chi connectivity index (χ2n) is 3.90. The summed E-state index contributed by atoms with van der Waals surface area (Å²) in [6, 6.07) is 8.55. The van der Waals surface area contributed by atoms with E-state index < -0.39 is 10.0 Å². The first-order valence-corrected chi connectivity index (χ1v) is 7.99. The minimum atomic E-state index is -3.55. The number of halogens is 1. The summed E-state index contributed by atoms with van der Waals surface area (Å²) in [5.74, 6) is 0.449. The van der Waals surface area contributed by atoms with Gasteiger partial charge in [0, 0.05) is 6.07 Å². The van der Waals surface area contributed by atoms with Gasteiger partial charge >= 0.3 is 0 Å². The van der Waals surface area contributed by atoms with Gasteiger partial charge in [0.2, 0.25) is 10.0 Å². The highest BCUT2D eigenvalue weighted by Crippen LogP contribution is 2.16. The van der Waals surface area contributed by atoms with Crippen molar-refractivity contribution in [3.8, 4) is 0 Å². The van der Waals surface area contributed by atoms with Crippen molar-refractivity contribution in [3.63, 3.8) is 0 Å². The molecule has 0 saturated carbocycles. The molecule has 0 unspecified atom stereocenters. The Balaban J connectivity index is 2.18. The van der Waals surface area contributed by atoms with Crippen LogP contribution in [0.25, 0.3) is 0 Å². The zero-order chi connectivity index (χ0) is 13.9. The molecule has 1 aromatic carbocycles. The Hall–Kier alpha value is -1.18. The smallest absolute Gasteiger partial charge is 0.241 e. The third-order valence-electron chi connectivity index (χ3n) is 2.61. The Bertz CT molecular complexity index is 667. The molecule has 0 atom stereocenters. The monoisotopic (exact) mass is 344 g/mol. The van der Waals surface area contributed by atoms with E-state index in [2.05, 4.69) is 25.8 Å². The second kappa shape index (κ2) is 5.85. The van der Waals surface area contributed by atoms with Crippen molar-refractivity contribution < 1.29 is 12.9 Å². The van der Waals surface area contributed by atoms with Gasteiger partial charge < -0.3 is 4.52 Å². The summed E-state index contributed by atoms with van der Waals surface area (Å²) in [5, 5.41) is 3.63. The molecule has 0 aliphatic rings. The second-order valence-corrected chi connectivity index (χ2v) is 6.45. The molecule has 0 spiro atoms. The Morgan fingerprint density at radius 1 is 1.37 bits per heavy atom. The van der Waals surface area contributed by atoms with Crippen molar-refractivity contribution in [2.45, 2.75) is 24.8 Å². The number of hydrogen-bond acceptors (Lipinski definition) is 4. The molecule has 5 nitrogen and oxygen atoms in total. The third-order valence-corrected chi connectivity index (χ3v) is 4.49. The van der Waals surface area contributed by atoms with Crippen LogP contribution < -0.4 is 4.72 Å². The van der Waals surface area contributed by atoms with Crippen molar-refractivity contribution in [1.29, 1.82) is 0 Å². The lowest BCUT2D eigenvalue weighted by molar-refractivity contribution is 0.377. The maximum Gasteiger partial charge on any atom is 0.241 e. The van der Waals surface area contributed by atoms with E-state index in [0.717, 1.165) is 5.56 Å². The van der Waals surface area contributed by atoms with Gasteiger partial charge in [0.25, 0.3) is 0 Å². The summed E-state index contributed by atoms with van der Waals surface area (Å²) < 4.78 is 32.4. The Morgan fingerprint density at radius 3 is 2.74 bits per heavy atom. The fourth-order valence-corrected chi connectivity index (χ4v) is 3.30. The number of nitrogens with zero attached hydrogens (tertiary/aromatic N) is 1. The topological polar surface area (TPSA) is 72.2 Å². The fourth-order valence-electron chi connectivity index (χ4n) is 1.67. The van der Waals surface area contributed by atoms with Crippen LogP contribution in [0.2, 0.25) is 0 Å². The molecule has 0 bridgehead atoms. The van der Waals surface area contributed by atoms with Crippen molar-refractivity contribution >= 4 is 26.0 Å². The van der Waals surface area contributed by atoms with Crippen LogP contribution in [0.3, 0.4) is 0 Å². The highest BCUT2D eigenvalue weighted by atomic mass is 79.9. The van der Waals surface area contributed by atoms with Crippen molar-refractivity contribution in [2.24, 2.45) is 0 Å². The average molecular weight is 345 g/mol. The first-order chi connectivity index (χ1) is 9.03. The van der Waals surface area contributed by atoms with Crippen LogP contribution in [0.4, 0.5) is 0 Å². The van der Waals surface area contributed by atoms with Gasteiger partial charge in [-0.1, -0.05) is 30.3 Å². The predicted octanol–water partition coefficient (Wildman–Crippen LogP) is 2.48. The molecule has 1 N–H and O–H groups in total. The molecule has 0 fully saturated rings. The zero-order valence-corrected chi connectivity index (χ0v) is 12.7. The van der Waals surface area contributed by atoms with E-state index in [9.17, 15) is 8.42 Å². The van der Waals surface area contributed by atoms with Crippen LogP contribution in [0.1, 0.15) is 18.2 Å². The molecule has 2 aromatic rings. The average Bonchev–Trinajstić information content (AvgIpc) is 2.82. The standard InChI is InChI=1S/C12H13BrN2O3S/c1-2-9-5-3-4-6-11(9)19(16,17)14-8-10-7-12(13)15-18-10/h3-7,14H,2,8H2,1H3. The predicted molar refractivity (Wildman–Crippen MR) is 74.0 cm³/mol. The van der Waals surface area contributed by atoms with Crippen LogP contribution in [-0.4, -0.2) is 13.6 Å². The molecule has 0 amide bonds. The number of benzene rings is 1. The summed E-state index contributed by atoms with van der Waals surface area (Å²) in [4.78, 5) is 0.302. The van der Waals surface area contributed by atoms with E-state index in [-0.39, 0.29) is 6.54 Å². The summed E-state index contributed by atoms with van der Waals surface area (Å²) >= 11 is 3.14. The van der Waals surface area contributed by atoms with Gasteiger partial charge in [0.1, 0.15) is 4.60 Å². The van der Waals surface area contributed by atoms with Crippen LogP contribution in [0, 0.1) is 0 Å². The molecule has 7 heteroatoms. The molecular formula is C12H13BrN2O3S. The third kappa shape index (κ3) is 3.43. The molecule has 0 radical (unpaired) electrons. The maximum absolute atomic E-state index is 12.2. The van der Waals surface area contributed by atoms with Crippen molar-refractivity contribution in [1.82, 2.24) is 9.88 Å². The quantitative estimate of drug-likeness (QED) is 0.904. The Morgan fingerprint density at radius 2 is 2.11 bits per heavy atom. The highest BCUT2D eigenvalue weighted by molar-refractivity contribution is 9.10. The Labute approximate surface area is 120 Å². The number of aromatic nitrogens is 1. The first kappa shape index (κ1) is 14.2. The van der Waals surface area contributed by atoms with Crippen LogP contribution >= 0.6 is 15.9 Å². The highest BCUT2D eigenvalue weighted by Gasteiger charge is 2.17. The van der Waals surface area contributed by atoms with E-state index >= 15 is 0 Å². The summed E-state index contributed by atoms with van der Waals surface area (Å²) in [6.45, 7) is 1.99. The normalized spacial score (nSPS) is 11.7. The van der Waals surface area contributed by atoms with Crippen LogP contribution in [0.15, 0.2) is 44.4 Å². The molecule has 0 aliphatic carbocycles. The van der Waals surface area contributed by atoms with E-state index in [4.69, 9.17) is 4.52 Å². The minimum Gasteiger partial charge on any atom is -0.359 e. The first-order valence-electron chi connectivity index (χ1n) is 5.71. The lowest BCUT2D eigenvalue weighted by Gasteiger charge is -2.09. The lowest BCUT2D eigenvalue weighted by Crippen LogP contribution is -2.24. The molecule has 102 valence electrons. The van der Waals surface area contributed by atoms with Gasteiger partial charge in [-0.15, -0.1) is 0 Å². The maximum atomic E-state index is 12.2. The number of aryl methyl sites for hydroxylation is 1. The summed E-state index contributed by atoms with van der Waals surface area (Å²) in [6.07, 6.45) is 0.658. The number of rotatable bonds is 5. The molecule has 1 heterocycles. The summed E-state index contributed by atoms with van der Waals surface area (Å²) in [7, 11) is -3.55. The number of sulfonamides is 1. The summed E-state index contributed by atoms with van der Waals surface area (Å²) in [5.41, 5.74) is 0.786. The SMILES string of the molecule is CCc1ccccc1S(=O)(=O)NCc1cc(Br)no1. The van der Waals surface area contributed by atoms with Gasteiger partial charge in [-0.3, -0.25) is 0 Å². The molecule has 2 rings (SSSR count). The van der Waals surface area contributed by atoms with E-state index in [1.807, 2.05) is 13.0 Å². The van der Waals surface area contributed by atoms with E-state index in [0.29, 0.717) is 21.7 Å². The fraction of sp³-hybridized carbons (Fsp3) is 0.250. The van der Waals surface area contributed by atoms with Crippen molar-refractivity contribution in [2.75, 3.05) is 0 Å². The van der Waals surface area contributed by atoms with Crippen molar-refractivity contribution in [3.05, 3.63) is 46.3 Å². The van der Waals surface area contributed by atoms with Crippen LogP contribution in [0.5, 0.6) is 0 Å². The molecule has 19 heavy (non-hydrogen) atoms. The van der Waals surface area contributed by atoms with E-state index in [1.54, 1.807) is 24.3 Å². The molecule has 1 aromatic heterocycles. The molecular weight excluding hydrogens is 332 g/mol. The Kier molecular flexibility index (Phi) is 4.38. The molecule has 0 aliphatic heterocycles. The van der Waals surface area contributed by atoms with Gasteiger partial charge in [0.15, 0.2) is 5.76 Å². The number of nitrogens with one attached hydrogen (secondary N) is 1. The minimum absolute atomic E-state index is 0.0684. The van der Waals surface area contributed by atoms with Gasteiger partial charge in [-0.05, 0) is 34.0 Å². The zero-order valence-electron chi connectivity index (χ0n) is 10.3. The number of hydrogen-bond donors (Lipinski definition) is 1. The molecule has 0 saturated heterocycles. The van der Waals surface area contributed by atoms with Gasteiger partial charge in [-0.2, -0.15) is 0 Å². The largest absolute Gasteiger partial charge is 0.359 e. The van der Waals surface area contributed by atoms with Gasteiger partial charge in [-0.25, -0.2) is 13.1 Å². The van der Waals surface area contributed by atoms with Crippen LogP contribution in [-0.2, 0) is 23.0 Å². The van der Waals surface area contributed by atoms with E-state index in [1.165, 1.54) is 0 Å².